The van der Waals surface area contributed by atoms with Gasteiger partial charge in [0.05, 0.1) is 10.2 Å². The van der Waals surface area contributed by atoms with Crippen LogP contribution in [-0.2, 0) is 9.59 Å². The van der Waals surface area contributed by atoms with E-state index in [0.29, 0.717) is 36.3 Å². The molecule has 1 aliphatic rings. The highest BCUT2D eigenvalue weighted by Gasteiger charge is 2.26. The van der Waals surface area contributed by atoms with Crippen molar-refractivity contribution in [2.75, 3.05) is 19.7 Å². The summed E-state index contributed by atoms with van der Waals surface area (Å²) in [5, 5.41) is 4.35. The molecule has 132 valence electrons. The number of likely N-dealkylation sites (tertiary alicyclic amines) is 1. The van der Waals surface area contributed by atoms with Crippen LogP contribution in [0.4, 0.5) is 0 Å². The van der Waals surface area contributed by atoms with Crippen LogP contribution in [0.1, 0.15) is 12.8 Å². The van der Waals surface area contributed by atoms with Gasteiger partial charge >= 0.3 is 0 Å². The topological polar surface area (TPSA) is 90.5 Å². The van der Waals surface area contributed by atoms with Gasteiger partial charge in [0.1, 0.15) is 0 Å². The standard InChI is InChI=1S/C17H19BrN4O3/c18-14-10-22(13-4-2-1-3-5-13)20-17(14)25-11-15(23)21-8-6-12(7-9-21)16(19)24/h1-5,10,12H,6-9,11H2,(H2,19,24). The molecule has 0 saturated carbocycles. The molecule has 0 atom stereocenters. The van der Waals surface area contributed by atoms with Crippen molar-refractivity contribution in [1.82, 2.24) is 14.7 Å². The fraction of sp³-hybridized carbons (Fsp3) is 0.353. The molecule has 0 bridgehead atoms. The minimum Gasteiger partial charge on any atom is -0.466 e. The van der Waals surface area contributed by atoms with Crippen molar-refractivity contribution in [3.8, 4) is 11.6 Å². The molecule has 1 fully saturated rings. The zero-order valence-corrected chi connectivity index (χ0v) is 15.2. The van der Waals surface area contributed by atoms with Gasteiger partial charge in [-0.05, 0) is 40.9 Å². The fourth-order valence-corrected chi connectivity index (χ4v) is 3.17. The molecule has 1 aliphatic heterocycles. The Balaban J connectivity index is 1.56. The van der Waals surface area contributed by atoms with E-state index >= 15 is 0 Å². The van der Waals surface area contributed by atoms with E-state index in [9.17, 15) is 9.59 Å². The molecular formula is C17H19BrN4O3. The minimum atomic E-state index is -0.293. The molecular weight excluding hydrogens is 388 g/mol. The van der Waals surface area contributed by atoms with Crippen LogP contribution in [0, 0.1) is 5.92 Å². The summed E-state index contributed by atoms with van der Waals surface area (Å²) in [6, 6.07) is 9.63. The number of nitrogens with two attached hydrogens (primary N) is 1. The zero-order valence-electron chi connectivity index (χ0n) is 13.6. The smallest absolute Gasteiger partial charge is 0.260 e. The molecule has 25 heavy (non-hydrogen) atoms. The van der Waals surface area contributed by atoms with Crippen LogP contribution in [0.25, 0.3) is 5.69 Å². The van der Waals surface area contributed by atoms with Crippen LogP contribution in [0.5, 0.6) is 5.88 Å². The van der Waals surface area contributed by atoms with Gasteiger partial charge in [-0.15, -0.1) is 5.10 Å². The van der Waals surface area contributed by atoms with Gasteiger partial charge in [-0.2, -0.15) is 0 Å². The van der Waals surface area contributed by atoms with E-state index < -0.39 is 0 Å². The van der Waals surface area contributed by atoms with Crippen LogP contribution in [0.15, 0.2) is 41.0 Å². The molecule has 0 spiro atoms. The molecule has 1 aromatic heterocycles. The lowest BCUT2D eigenvalue weighted by molar-refractivity contribution is -0.136. The summed E-state index contributed by atoms with van der Waals surface area (Å²) in [5.41, 5.74) is 6.21. The highest BCUT2D eigenvalue weighted by Crippen LogP contribution is 2.25. The first-order valence-electron chi connectivity index (χ1n) is 8.05. The lowest BCUT2D eigenvalue weighted by atomic mass is 9.96. The van der Waals surface area contributed by atoms with E-state index in [1.54, 1.807) is 15.8 Å². The first kappa shape index (κ1) is 17.5. The average molecular weight is 407 g/mol. The van der Waals surface area contributed by atoms with Gasteiger partial charge in [0, 0.05) is 25.2 Å². The normalized spacial score (nSPS) is 15.2. The van der Waals surface area contributed by atoms with Crippen molar-refractivity contribution in [1.29, 1.82) is 0 Å². The lowest BCUT2D eigenvalue weighted by Crippen LogP contribution is -2.43. The molecule has 7 nitrogen and oxygen atoms in total. The molecule has 0 radical (unpaired) electrons. The quantitative estimate of drug-likeness (QED) is 0.818. The minimum absolute atomic E-state index is 0.0916. The number of rotatable bonds is 5. The van der Waals surface area contributed by atoms with Gasteiger partial charge in [-0.3, -0.25) is 9.59 Å². The summed E-state index contributed by atoms with van der Waals surface area (Å²) in [6.07, 6.45) is 2.99. The molecule has 0 aliphatic carbocycles. The summed E-state index contributed by atoms with van der Waals surface area (Å²) in [5.74, 6) is -0.187. The van der Waals surface area contributed by atoms with Crippen molar-refractivity contribution < 1.29 is 14.3 Å². The number of para-hydroxylation sites is 1. The molecule has 2 heterocycles. The van der Waals surface area contributed by atoms with E-state index in [-0.39, 0.29) is 24.3 Å². The Morgan fingerprint density at radius 3 is 2.56 bits per heavy atom. The van der Waals surface area contributed by atoms with Gasteiger partial charge in [-0.25, -0.2) is 4.68 Å². The second-order valence-corrected chi connectivity index (χ2v) is 6.76. The highest BCUT2D eigenvalue weighted by atomic mass is 79.9. The highest BCUT2D eigenvalue weighted by molar-refractivity contribution is 9.10. The van der Waals surface area contributed by atoms with Gasteiger partial charge in [0.2, 0.25) is 11.8 Å². The van der Waals surface area contributed by atoms with Gasteiger partial charge < -0.3 is 15.4 Å². The zero-order chi connectivity index (χ0) is 17.8. The third kappa shape index (κ3) is 4.19. The number of hydrogen-bond acceptors (Lipinski definition) is 4. The Morgan fingerprint density at radius 1 is 1.24 bits per heavy atom. The maximum absolute atomic E-state index is 12.3. The van der Waals surface area contributed by atoms with E-state index in [0.717, 1.165) is 5.69 Å². The van der Waals surface area contributed by atoms with Crippen LogP contribution in [0.2, 0.25) is 0 Å². The van der Waals surface area contributed by atoms with Crippen LogP contribution < -0.4 is 10.5 Å². The summed E-state index contributed by atoms with van der Waals surface area (Å²) < 4.78 is 7.93. The molecule has 2 aromatic rings. The maximum atomic E-state index is 12.3. The van der Waals surface area contributed by atoms with E-state index in [2.05, 4.69) is 21.0 Å². The second kappa shape index (κ2) is 7.69. The van der Waals surface area contributed by atoms with Crippen molar-refractivity contribution in [2.24, 2.45) is 11.7 Å². The SMILES string of the molecule is NC(=O)C1CCN(C(=O)COc2nn(-c3ccccc3)cc2Br)CC1. The van der Waals surface area contributed by atoms with E-state index in [1.807, 2.05) is 30.3 Å². The predicted molar refractivity (Wildman–Crippen MR) is 95.3 cm³/mol. The third-order valence-electron chi connectivity index (χ3n) is 4.24. The van der Waals surface area contributed by atoms with Crippen LogP contribution in [-0.4, -0.2) is 46.2 Å². The Kier molecular flexibility index (Phi) is 5.37. The van der Waals surface area contributed by atoms with Crippen molar-refractivity contribution in [2.45, 2.75) is 12.8 Å². The molecule has 0 unspecified atom stereocenters. The number of halogens is 1. The van der Waals surface area contributed by atoms with E-state index in [1.165, 1.54) is 0 Å². The number of aromatic nitrogens is 2. The number of benzene rings is 1. The Labute approximate surface area is 153 Å². The average Bonchev–Trinajstić information content (AvgIpc) is 3.01. The number of carbonyl (C=O) groups is 2. The van der Waals surface area contributed by atoms with Gasteiger partial charge in [0.15, 0.2) is 6.61 Å². The molecule has 2 amide bonds. The first-order chi connectivity index (χ1) is 12.0. The molecule has 2 N–H and O–H groups in total. The largest absolute Gasteiger partial charge is 0.466 e. The number of amides is 2. The van der Waals surface area contributed by atoms with Gasteiger partial charge in [-0.1, -0.05) is 18.2 Å². The molecule has 1 saturated heterocycles. The summed E-state index contributed by atoms with van der Waals surface area (Å²) in [6.45, 7) is 0.955. The number of hydrogen-bond donors (Lipinski definition) is 1. The summed E-state index contributed by atoms with van der Waals surface area (Å²) in [4.78, 5) is 25.1. The fourth-order valence-electron chi connectivity index (χ4n) is 2.78. The van der Waals surface area contributed by atoms with Gasteiger partial charge in [0.25, 0.3) is 5.91 Å². The number of ether oxygens (including phenoxy) is 1. The predicted octanol–water partition coefficient (Wildman–Crippen LogP) is 1.74. The molecule has 3 rings (SSSR count). The van der Waals surface area contributed by atoms with Crippen molar-refractivity contribution >= 4 is 27.7 Å². The summed E-state index contributed by atoms with van der Waals surface area (Å²) >= 11 is 3.40. The first-order valence-corrected chi connectivity index (χ1v) is 8.84. The second-order valence-electron chi connectivity index (χ2n) is 5.91. The number of carbonyl (C=O) groups excluding carboxylic acids is 2. The molecule has 1 aromatic carbocycles. The Bertz CT molecular complexity index is 755. The number of piperidine rings is 1. The lowest BCUT2D eigenvalue weighted by Gasteiger charge is -2.30. The monoisotopic (exact) mass is 406 g/mol. The number of primary amides is 1. The maximum Gasteiger partial charge on any atom is 0.260 e. The van der Waals surface area contributed by atoms with Crippen molar-refractivity contribution in [3.63, 3.8) is 0 Å². The Hall–Kier alpha value is -2.35. The summed E-state index contributed by atoms with van der Waals surface area (Å²) in [7, 11) is 0. The Morgan fingerprint density at radius 2 is 1.92 bits per heavy atom. The van der Waals surface area contributed by atoms with Crippen molar-refractivity contribution in [3.05, 3.63) is 41.0 Å². The van der Waals surface area contributed by atoms with Crippen LogP contribution >= 0.6 is 15.9 Å². The van der Waals surface area contributed by atoms with E-state index in [4.69, 9.17) is 10.5 Å². The number of nitrogens with zero attached hydrogens (tertiary/aromatic N) is 3. The third-order valence-corrected chi connectivity index (χ3v) is 4.79. The molecule has 8 heteroatoms. The van der Waals surface area contributed by atoms with Crippen LogP contribution in [0.3, 0.4) is 0 Å².